The second kappa shape index (κ2) is 11.9. The van der Waals surface area contributed by atoms with Crippen LogP contribution in [-0.2, 0) is 9.53 Å². The van der Waals surface area contributed by atoms with Crippen LogP contribution in [0.3, 0.4) is 0 Å². The van der Waals surface area contributed by atoms with Crippen LogP contribution < -0.4 is 5.32 Å². The van der Waals surface area contributed by atoms with E-state index in [9.17, 15) is 4.79 Å². The first-order valence-electron chi connectivity index (χ1n) is 7.00. The van der Waals surface area contributed by atoms with E-state index in [0.717, 1.165) is 13.0 Å². The van der Waals surface area contributed by atoms with E-state index in [-0.39, 0.29) is 5.97 Å². The fraction of sp³-hybridized carbons (Fsp3) is 0.929. The highest BCUT2D eigenvalue weighted by atomic mass is 16.5. The summed E-state index contributed by atoms with van der Waals surface area (Å²) in [6.45, 7) is 5.37. The number of unbranched alkanes of at least 4 members (excludes halogenated alkanes) is 4. The van der Waals surface area contributed by atoms with Crippen molar-refractivity contribution in [2.24, 2.45) is 0 Å². The van der Waals surface area contributed by atoms with Crippen molar-refractivity contribution < 1.29 is 9.53 Å². The minimum absolute atomic E-state index is 0.112. The lowest BCUT2D eigenvalue weighted by Crippen LogP contribution is -2.27. The molecule has 1 N–H and O–H groups in total. The van der Waals surface area contributed by atoms with Gasteiger partial charge < -0.3 is 10.1 Å². The van der Waals surface area contributed by atoms with Crippen LogP contribution in [0.15, 0.2) is 0 Å². The van der Waals surface area contributed by atoms with E-state index < -0.39 is 0 Å². The highest BCUT2D eigenvalue weighted by Crippen LogP contribution is 2.07. The van der Waals surface area contributed by atoms with Crippen LogP contribution in [0.5, 0.6) is 0 Å². The number of carbonyl (C=O) groups is 1. The Hall–Kier alpha value is -0.570. The molecule has 1 atom stereocenters. The third-order valence-electron chi connectivity index (χ3n) is 3.02. The summed E-state index contributed by atoms with van der Waals surface area (Å²) in [5.74, 6) is -0.112. The number of rotatable bonds is 11. The summed E-state index contributed by atoms with van der Waals surface area (Å²) in [5.41, 5.74) is 0. The number of methoxy groups -OCH3 is 1. The van der Waals surface area contributed by atoms with Gasteiger partial charge in [-0.25, -0.2) is 0 Å². The Morgan fingerprint density at radius 1 is 1.18 bits per heavy atom. The van der Waals surface area contributed by atoms with Crippen LogP contribution in [0, 0.1) is 0 Å². The summed E-state index contributed by atoms with van der Waals surface area (Å²) < 4.78 is 4.59. The average molecular weight is 243 g/mol. The molecule has 0 aromatic heterocycles. The lowest BCUT2D eigenvalue weighted by molar-refractivity contribution is -0.140. The topological polar surface area (TPSA) is 38.3 Å². The first-order chi connectivity index (χ1) is 8.20. The van der Waals surface area contributed by atoms with Gasteiger partial charge in [0.2, 0.25) is 0 Å². The highest BCUT2D eigenvalue weighted by molar-refractivity contribution is 5.69. The Bertz CT molecular complexity index is 183. The number of nitrogens with one attached hydrogen (secondary N) is 1. The molecule has 0 aromatic rings. The lowest BCUT2D eigenvalue weighted by atomic mass is 10.1. The van der Waals surface area contributed by atoms with Crippen LogP contribution in [0.4, 0.5) is 0 Å². The Morgan fingerprint density at radius 2 is 1.88 bits per heavy atom. The monoisotopic (exact) mass is 243 g/mol. The van der Waals surface area contributed by atoms with E-state index in [2.05, 4.69) is 23.9 Å². The summed E-state index contributed by atoms with van der Waals surface area (Å²) in [6, 6.07) is 0.564. The largest absolute Gasteiger partial charge is 0.469 e. The van der Waals surface area contributed by atoms with Gasteiger partial charge in [-0.05, 0) is 26.3 Å². The maximum absolute atomic E-state index is 10.9. The molecule has 17 heavy (non-hydrogen) atoms. The van der Waals surface area contributed by atoms with Gasteiger partial charge in [0.1, 0.15) is 0 Å². The third-order valence-corrected chi connectivity index (χ3v) is 3.02. The highest BCUT2D eigenvalue weighted by Gasteiger charge is 2.02. The first kappa shape index (κ1) is 16.4. The second-order valence-corrected chi connectivity index (χ2v) is 4.74. The SMILES string of the molecule is CCCCCCCC(C)NCCCC(=O)OC. The Kier molecular flexibility index (Phi) is 11.5. The molecule has 0 aliphatic rings. The lowest BCUT2D eigenvalue weighted by Gasteiger charge is -2.13. The van der Waals surface area contributed by atoms with Crippen molar-refractivity contribution in [1.82, 2.24) is 5.32 Å². The molecule has 0 amide bonds. The van der Waals surface area contributed by atoms with Crippen LogP contribution >= 0.6 is 0 Å². The summed E-state index contributed by atoms with van der Waals surface area (Å²) in [7, 11) is 1.44. The molecular formula is C14H29NO2. The molecule has 0 fully saturated rings. The van der Waals surface area contributed by atoms with Gasteiger partial charge >= 0.3 is 5.97 Å². The Balaban J connectivity index is 3.23. The van der Waals surface area contributed by atoms with Crippen molar-refractivity contribution >= 4 is 5.97 Å². The number of hydrogen-bond donors (Lipinski definition) is 1. The average Bonchev–Trinajstić information content (AvgIpc) is 2.34. The van der Waals surface area contributed by atoms with Crippen LogP contribution in [0.2, 0.25) is 0 Å². The van der Waals surface area contributed by atoms with E-state index in [1.54, 1.807) is 0 Å². The van der Waals surface area contributed by atoms with E-state index in [0.29, 0.717) is 12.5 Å². The van der Waals surface area contributed by atoms with E-state index >= 15 is 0 Å². The zero-order chi connectivity index (χ0) is 12.9. The van der Waals surface area contributed by atoms with Gasteiger partial charge in [0.25, 0.3) is 0 Å². The molecule has 0 heterocycles. The smallest absolute Gasteiger partial charge is 0.305 e. The van der Waals surface area contributed by atoms with Crippen LogP contribution in [-0.4, -0.2) is 25.7 Å². The van der Waals surface area contributed by atoms with Gasteiger partial charge in [-0.15, -0.1) is 0 Å². The number of esters is 1. The minimum Gasteiger partial charge on any atom is -0.469 e. The molecule has 0 aromatic carbocycles. The molecule has 0 rings (SSSR count). The Labute approximate surface area is 106 Å². The van der Waals surface area contributed by atoms with Crippen molar-refractivity contribution in [2.75, 3.05) is 13.7 Å². The van der Waals surface area contributed by atoms with Gasteiger partial charge in [0.15, 0.2) is 0 Å². The molecule has 0 spiro atoms. The van der Waals surface area contributed by atoms with Gasteiger partial charge in [-0.2, -0.15) is 0 Å². The molecule has 3 heteroatoms. The molecule has 102 valence electrons. The molecular weight excluding hydrogens is 214 g/mol. The maximum Gasteiger partial charge on any atom is 0.305 e. The van der Waals surface area contributed by atoms with Crippen molar-refractivity contribution in [3.63, 3.8) is 0 Å². The van der Waals surface area contributed by atoms with Crippen molar-refractivity contribution in [2.45, 2.75) is 71.3 Å². The van der Waals surface area contributed by atoms with E-state index in [4.69, 9.17) is 0 Å². The number of hydrogen-bond acceptors (Lipinski definition) is 3. The summed E-state index contributed by atoms with van der Waals surface area (Å²) >= 11 is 0. The molecule has 0 radical (unpaired) electrons. The van der Waals surface area contributed by atoms with Gasteiger partial charge in [-0.1, -0.05) is 39.0 Å². The zero-order valence-corrected chi connectivity index (χ0v) is 11.8. The summed E-state index contributed by atoms with van der Waals surface area (Å²) in [6.07, 6.45) is 9.32. The summed E-state index contributed by atoms with van der Waals surface area (Å²) in [5, 5.41) is 3.45. The van der Waals surface area contributed by atoms with E-state index in [1.165, 1.54) is 45.6 Å². The fourth-order valence-corrected chi connectivity index (χ4v) is 1.84. The number of carbonyl (C=O) groups excluding carboxylic acids is 1. The molecule has 0 aliphatic heterocycles. The van der Waals surface area contributed by atoms with Gasteiger partial charge in [0, 0.05) is 12.5 Å². The van der Waals surface area contributed by atoms with Crippen LogP contribution in [0.1, 0.15) is 65.2 Å². The molecule has 0 saturated heterocycles. The van der Waals surface area contributed by atoms with Crippen LogP contribution in [0.25, 0.3) is 0 Å². The maximum atomic E-state index is 10.9. The number of ether oxygens (including phenoxy) is 1. The van der Waals surface area contributed by atoms with Crippen molar-refractivity contribution in [1.29, 1.82) is 0 Å². The quantitative estimate of drug-likeness (QED) is 0.447. The molecule has 0 aliphatic carbocycles. The van der Waals surface area contributed by atoms with Crippen molar-refractivity contribution in [3.05, 3.63) is 0 Å². The fourth-order valence-electron chi connectivity index (χ4n) is 1.84. The van der Waals surface area contributed by atoms with E-state index in [1.807, 2.05) is 0 Å². The predicted octanol–water partition coefficient (Wildman–Crippen LogP) is 3.28. The zero-order valence-electron chi connectivity index (χ0n) is 11.8. The normalized spacial score (nSPS) is 12.4. The molecule has 0 bridgehead atoms. The van der Waals surface area contributed by atoms with Crippen molar-refractivity contribution in [3.8, 4) is 0 Å². The minimum atomic E-state index is -0.112. The van der Waals surface area contributed by atoms with Gasteiger partial charge in [0.05, 0.1) is 7.11 Å². The standard InChI is InChI=1S/C14H29NO2/c1-4-5-6-7-8-10-13(2)15-12-9-11-14(16)17-3/h13,15H,4-12H2,1-3H3. The molecule has 1 unspecified atom stereocenters. The summed E-state index contributed by atoms with van der Waals surface area (Å²) in [4.78, 5) is 10.9. The Morgan fingerprint density at radius 3 is 2.53 bits per heavy atom. The third kappa shape index (κ3) is 11.7. The molecule has 0 saturated carbocycles. The first-order valence-corrected chi connectivity index (χ1v) is 7.00. The molecule has 3 nitrogen and oxygen atoms in total. The second-order valence-electron chi connectivity index (χ2n) is 4.74. The predicted molar refractivity (Wildman–Crippen MR) is 72.1 cm³/mol. The van der Waals surface area contributed by atoms with Gasteiger partial charge in [-0.3, -0.25) is 4.79 Å².